The van der Waals surface area contributed by atoms with Crippen molar-refractivity contribution < 1.29 is 14.3 Å². The summed E-state index contributed by atoms with van der Waals surface area (Å²) in [6, 6.07) is 5.91. The number of anilines is 1. The molecule has 0 radical (unpaired) electrons. The van der Waals surface area contributed by atoms with Crippen LogP contribution in [0.25, 0.3) is 0 Å². The molecule has 2 aliphatic rings. The maximum absolute atomic E-state index is 12.3. The van der Waals surface area contributed by atoms with Gasteiger partial charge in [-0.05, 0) is 48.8 Å². The number of nitrogens with one attached hydrogen (secondary N) is 1. The number of aryl methyl sites for hydroxylation is 2. The Morgan fingerprint density at radius 3 is 2.69 bits per heavy atom. The van der Waals surface area contributed by atoms with Crippen LogP contribution < -0.4 is 14.8 Å². The Hall–Kier alpha value is -2.15. The fraction of sp³-hybridized carbons (Fsp3) is 0.526. The van der Waals surface area contributed by atoms with Crippen LogP contribution in [0.4, 0.5) is 5.13 Å². The molecule has 26 heavy (non-hydrogen) atoms. The Labute approximate surface area is 156 Å². The molecule has 1 atom stereocenters. The molecule has 0 saturated heterocycles. The van der Waals surface area contributed by atoms with E-state index in [1.54, 1.807) is 14.2 Å². The first-order valence-corrected chi connectivity index (χ1v) is 9.79. The minimum atomic E-state index is 0.118. The summed E-state index contributed by atoms with van der Waals surface area (Å²) >= 11 is 1.46. The lowest BCUT2D eigenvalue weighted by Crippen LogP contribution is -2.23. The van der Waals surface area contributed by atoms with Crippen LogP contribution >= 0.6 is 11.3 Å². The molecule has 6 nitrogen and oxygen atoms in total. The third kappa shape index (κ3) is 3.28. The van der Waals surface area contributed by atoms with E-state index in [0.717, 1.165) is 41.3 Å². The van der Waals surface area contributed by atoms with Crippen molar-refractivity contribution in [2.45, 2.75) is 38.5 Å². The molecule has 1 amide bonds. The molecule has 0 aliphatic heterocycles. The van der Waals surface area contributed by atoms with Gasteiger partial charge in [0, 0.05) is 12.3 Å². The molecule has 1 spiro atoms. The summed E-state index contributed by atoms with van der Waals surface area (Å²) in [7, 11) is 3.26. The van der Waals surface area contributed by atoms with E-state index in [-0.39, 0.29) is 11.8 Å². The third-order valence-corrected chi connectivity index (χ3v) is 6.53. The molecule has 1 N–H and O–H groups in total. The van der Waals surface area contributed by atoms with Crippen molar-refractivity contribution in [3.8, 4) is 11.5 Å². The monoisotopic (exact) mass is 373 g/mol. The Kier molecular flexibility index (Phi) is 4.56. The number of rotatable bonds is 7. The van der Waals surface area contributed by atoms with E-state index in [0.29, 0.717) is 10.5 Å². The molecule has 1 aromatic carbocycles. The van der Waals surface area contributed by atoms with E-state index >= 15 is 0 Å². The van der Waals surface area contributed by atoms with Crippen molar-refractivity contribution in [3.05, 3.63) is 28.8 Å². The topological polar surface area (TPSA) is 73.3 Å². The van der Waals surface area contributed by atoms with Crippen LogP contribution in [0.5, 0.6) is 11.5 Å². The van der Waals surface area contributed by atoms with E-state index in [1.807, 2.05) is 18.2 Å². The lowest BCUT2D eigenvalue weighted by atomic mass is 9.80. The summed E-state index contributed by atoms with van der Waals surface area (Å²) in [5.41, 5.74) is 1.48. The molecule has 2 aliphatic carbocycles. The van der Waals surface area contributed by atoms with Crippen molar-refractivity contribution in [3.63, 3.8) is 0 Å². The van der Waals surface area contributed by atoms with Crippen molar-refractivity contribution in [2.75, 3.05) is 19.5 Å². The van der Waals surface area contributed by atoms with E-state index in [9.17, 15) is 4.79 Å². The molecular weight excluding hydrogens is 350 g/mol. The summed E-state index contributed by atoms with van der Waals surface area (Å²) < 4.78 is 10.6. The predicted molar refractivity (Wildman–Crippen MR) is 99.9 cm³/mol. The van der Waals surface area contributed by atoms with Gasteiger partial charge in [0.1, 0.15) is 5.01 Å². The number of nitrogens with zero attached hydrogens (tertiary/aromatic N) is 2. The van der Waals surface area contributed by atoms with Crippen LogP contribution in [0.2, 0.25) is 0 Å². The normalized spacial score (nSPS) is 19.7. The van der Waals surface area contributed by atoms with Crippen molar-refractivity contribution in [2.24, 2.45) is 11.3 Å². The summed E-state index contributed by atoms with van der Waals surface area (Å²) in [6.45, 7) is 0. The number of benzene rings is 1. The molecule has 2 saturated carbocycles. The molecule has 2 aromatic rings. The summed E-state index contributed by atoms with van der Waals surface area (Å²) in [6.07, 6.45) is 6.33. The number of carbonyl (C=O) groups is 1. The average molecular weight is 373 g/mol. The van der Waals surface area contributed by atoms with Gasteiger partial charge in [-0.2, -0.15) is 0 Å². The van der Waals surface area contributed by atoms with Gasteiger partial charge in [-0.1, -0.05) is 23.8 Å². The van der Waals surface area contributed by atoms with Gasteiger partial charge in [0.25, 0.3) is 0 Å². The van der Waals surface area contributed by atoms with E-state index in [4.69, 9.17) is 9.47 Å². The number of carbonyl (C=O) groups excluding carboxylic acids is 1. The van der Waals surface area contributed by atoms with Crippen LogP contribution in [0, 0.1) is 11.3 Å². The van der Waals surface area contributed by atoms with Crippen LogP contribution in [0.1, 0.15) is 36.3 Å². The number of hydrogen-bond donors (Lipinski definition) is 1. The maximum atomic E-state index is 12.3. The van der Waals surface area contributed by atoms with Gasteiger partial charge >= 0.3 is 0 Å². The third-order valence-electron chi connectivity index (χ3n) is 5.63. The van der Waals surface area contributed by atoms with Gasteiger partial charge in [0.15, 0.2) is 11.5 Å². The van der Waals surface area contributed by atoms with Gasteiger partial charge in [-0.25, -0.2) is 0 Å². The number of amides is 1. The lowest BCUT2D eigenvalue weighted by molar-refractivity contribution is -0.118. The quantitative estimate of drug-likeness (QED) is 0.804. The van der Waals surface area contributed by atoms with Gasteiger partial charge in [-0.3, -0.25) is 4.79 Å². The smallest absolute Gasteiger partial charge is 0.229 e. The van der Waals surface area contributed by atoms with Crippen molar-refractivity contribution in [1.29, 1.82) is 0 Å². The van der Waals surface area contributed by atoms with Gasteiger partial charge in [0.05, 0.1) is 14.2 Å². The van der Waals surface area contributed by atoms with E-state index in [2.05, 4.69) is 15.5 Å². The number of hydrogen-bond acceptors (Lipinski definition) is 6. The minimum Gasteiger partial charge on any atom is -0.493 e. The van der Waals surface area contributed by atoms with Gasteiger partial charge < -0.3 is 14.8 Å². The second kappa shape index (κ2) is 6.87. The highest BCUT2D eigenvalue weighted by Crippen LogP contribution is 2.65. The summed E-state index contributed by atoms with van der Waals surface area (Å²) in [5.74, 6) is 1.76. The van der Waals surface area contributed by atoms with Crippen molar-refractivity contribution in [1.82, 2.24) is 10.2 Å². The zero-order valence-electron chi connectivity index (χ0n) is 15.1. The average Bonchev–Trinajstić information content (AvgIpc) is 3.27. The fourth-order valence-corrected chi connectivity index (χ4v) is 4.53. The fourth-order valence-electron chi connectivity index (χ4n) is 3.79. The zero-order valence-corrected chi connectivity index (χ0v) is 15.9. The second-order valence-electron chi connectivity index (χ2n) is 7.15. The first-order valence-electron chi connectivity index (χ1n) is 8.98. The summed E-state index contributed by atoms with van der Waals surface area (Å²) in [4.78, 5) is 12.3. The maximum Gasteiger partial charge on any atom is 0.229 e. The van der Waals surface area contributed by atoms with Crippen LogP contribution in [-0.2, 0) is 17.6 Å². The SMILES string of the molecule is COc1ccc(CCc2nnc(NC(=O)[C@@H]3CC34CCC4)s2)cc1OC. The largest absolute Gasteiger partial charge is 0.493 e. The molecule has 1 aromatic heterocycles. The van der Waals surface area contributed by atoms with Gasteiger partial charge in [0.2, 0.25) is 11.0 Å². The Bertz CT molecular complexity index is 816. The molecule has 0 unspecified atom stereocenters. The standard InChI is InChI=1S/C19H23N3O3S/c1-24-14-6-4-12(10-15(14)25-2)5-7-16-21-22-18(26-16)20-17(23)13-11-19(13)8-3-9-19/h4,6,10,13H,3,5,7-9,11H2,1-2H3,(H,20,22,23)/t13-/m0/s1. The number of ether oxygens (including phenoxy) is 2. The highest BCUT2D eigenvalue weighted by Gasteiger charge is 2.60. The van der Waals surface area contributed by atoms with E-state index < -0.39 is 0 Å². The molecule has 2 fully saturated rings. The van der Waals surface area contributed by atoms with Crippen LogP contribution in [0.3, 0.4) is 0 Å². The number of aromatic nitrogens is 2. The molecule has 138 valence electrons. The Morgan fingerprint density at radius 1 is 1.23 bits per heavy atom. The number of methoxy groups -OCH3 is 2. The highest BCUT2D eigenvalue weighted by molar-refractivity contribution is 7.15. The molecule has 7 heteroatoms. The molecule has 4 rings (SSSR count). The molecule has 1 heterocycles. The first-order chi connectivity index (χ1) is 12.6. The molecular formula is C19H23N3O3S. The Balaban J connectivity index is 1.32. The van der Waals surface area contributed by atoms with Crippen molar-refractivity contribution >= 4 is 22.4 Å². The second-order valence-corrected chi connectivity index (χ2v) is 8.21. The van der Waals surface area contributed by atoms with Crippen LogP contribution in [-0.4, -0.2) is 30.3 Å². The van der Waals surface area contributed by atoms with Crippen LogP contribution in [0.15, 0.2) is 18.2 Å². The zero-order chi connectivity index (χ0) is 18.1. The van der Waals surface area contributed by atoms with Gasteiger partial charge in [-0.15, -0.1) is 10.2 Å². The molecule has 0 bridgehead atoms. The highest BCUT2D eigenvalue weighted by atomic mass is 32.1. The first kappa shape index (κ1) is 17.3. The lowest BCUT2D eigenvalue weighted by Gasteiger charge is -2.26. The summed E-state index contributed by atoms with van der Waals surface area (Å²) in [5, 5.41) is 12.8. The predicted octanol–water partition coefficient (Wildman–Crippen LogP) is 3.47. The minimum absolute atomic E-state index is 0.118. The van der Waals surface area contributed by atoms with E-state index in [1.165, 1.54) is 30.6 Å². The Morgan fingerprint density at radius 2 is 2.04 bits per heavy atom.